The predicted molar refractivity (Wildman–Crippen MR) is 91.2 cm³/mol. The lowest BCUT2D eigenvalue weighted by atomic mass is 9.96. The summed E-state index contributed by atoms with van der Waals surface area (Å²) in [4.78, 5) is 28.7. The molecule has 8 heteroatoms. The van der Waals surface area contributed by atoms with Crippen LogP contribution in [0.15, 0.2) is 29.1 Å². The molecule has 1 N–H and O–H groups in total. The van der Waals surface area contributed by atoms with Gasteiger partial charge in [0, 0.05) is 26.1 Å². The third-order valence-corrected chi connectivity index (χ3v) is 4.45. The van der Waals surface area contributed by atoms with Gasteiger partial charge in [0.1, 0.15) is 18.2 Å². The number of H-pyrrole nitrogens is 1. The number of likely N-dealkylation sites (tertiary alicyclic amines) is 1. The monoisotopic (exact) mass is 346 g/mol. The fourth-order valence-corrected chi connectivity index (χ4v) is 3.04. The number of rotatable bonds is 5. The van der Waals surface area contributed by atoms with Gasteiger partial charge in [-0.2, -0.15) is 4.68 Å². The van der Waals surface area contributed by atoms with Crippen LogP contribution in [0, 0.1) is 0 Å². The third-order valence-electron chi connectivity index (χ3n) is 4.45. The number of aromatic nitrogens is 3. The van der Waals surface area contributed by atoms with E-state index in [9.17, 15) is 9.59 Å². The van der Waals surface area contributed by atoms with Crippen molar-refractivity contribution in [1.82, 2.24) is 19.7 Å². The molecule has 25 heavy (non-hydrogen) atoms. The summed E-state index contributed by atoms with van der Waals surface area (Å²) in [5, 5.41) is 4.45. The van der Waals surface area contributed by atoms with Crippen LogP contribution < -0.4 is 10.4 Å². The number of methoxy groups -OCH3 is 2. The molecule has 0 radical (unpaired) electrons. The number of carbonyl (C=O) groups is 1. The zero-order valence-corrected chi connectivity index (χ0v) is 14.4. The second kappa shape index (κ2) is 7.52. The quantitative estimate of drug-likeness (QED) is 0.870. The van der Waals surface area contributed by atoms with Crippen molar-refractivity contribution in [1.29, 1.82) is 0 Å². The van der Waals surface area contributed by atoms with Gasteiger partial charge in [-0.15, -0.1) is 5.10 Å². The van der Waals surface area contributed by atoms with E-state index in [1.165, 1.54) is 11.8 Å². The van der Waals surface area contributed by atoms with Crippen LogP contribution in [-0.2, 0) is 9.53 Å². The van der Waals surface area contributed by atoms with Crippen molar-refractivity contribution in [2.45, 2.75) is 18.8 Å². The van der Waals surface area contributed by atoms with Crippen molar-refractivity contribution in [3.8, 4) is 11.4 Å². The van der Waals surface area contributed by atoms with Gasteiger partial charge in [-0.1, -0.05) is 0 Å². The Balaban J connectivity index is 1.70. The van der Waals surface area contributed by atoms with Crippen molar-refractivity contribution >= 4 is 5.91 Å². The number of benzene rings is 1. The molecule has 1 aromatic heterocycles. The van der Waals surface area contributed by atoms with E-state index in [4.69, 9.17) is 9.47 Å². The molecule has 1 aliphatic heterocycles. The Kier molecular flexibility index (Phi) is 5.18. The minimum absolute atomic E-state index is 0.00166. The maximum atomic E-state index is 12.2. The van der Waals surface area contributed by atoms with Crippen LogP contribution >= 0.6 is 0 Å². The summed E-state index contributed by atoms with van der Waals surface area (Å²) in [6, 6.07) is 7.15. The van der Waals surface area contributed by atoms with Gasteiger partial charge in [0.05, 0.1) is 12.8 Å². The molecule has 134 valence electrons. The van der Waals surface area contributed by atoms with Gasteiger partial charge >= 0.3 is 5.69 Å². The first-order valence-electron chi connectivity index (χ1n) is 8.22. The maximum absolute atomic E-state index is 12.2. The lowest BCUT2D eigenvalue weighted by Gasteiger charge is -2.30. The van der Waals surface area contributed by atoms with Gasteiger partial charge in [-0.3, -0.25) is 9.78 Å². The fourth-order valence-electron chi connectivity index (χ4n) is 3.04. The third kappa shape index (κ3) is 3.74. The molecule has 1 amide bonds. The SMILES string of the molecule is COCC(=O)N1CCC(c2nn(-c3ccc(OC)cc3)c(=O)[nH]2)CC1. The number of carbonyl (C=O) groups excluding carboxylic acids is 1. The Morgan fingerprint density at radius 3 is 2.52 bits per heavy atom. The molecule has 1 aromatic carbocycles. The summed E-state index contributed by atoms with van der Waals surface area (Å²) < 4.78 is 11.4. The Morgan fingerprint density at radius 1 is 1.24 bits per heavy atom. The summed E-state index contributed by atoms with van der Waals surface area (Å²) in [6.07, 6.45) is 1.54. The second-order valence-electron chi connectivity index (χ2n) is 6.01. The molecular formula is C17H22N4O4. The largest absolute Gasteiger partial charge is 0.497 e. The van der Waals surface area contributed by atoms with Gasteiger partial charge in [0.15, 0.2) is 0 Å². The number of ether oxygens (including phenoxy) is 2. The van der Waals surface area contributed by atoms with Crippen LogP contribution in [0.2, 0.25) is 0 Å². The first kappa shape index (κ1) is 17.2. The average Bonchev–Trinajstić information content (AvgIpc) is 3.04. The normalized spacial score (nSPS) is 15.4. The highest BCUT2D eigenvalue weighted by Crippen LogP contribution is 2.25. The molecule has 1 aliphatic rings. The number of piperidine rings is 1. The van der Waals surface area contributed by atoms with Crippen molar-refractivity contribution in [3.05, 3.63) is 40.6 Å². The van der Waals surface area contributed by atoms with Crippen LogP contribution in [0.25, 0.3) is 5.69 Å². The van der Waals surface area contributed by atoms with E-state index in [1.807, 2.05) is 0 Å². The maximum Gasteiger partial charge on any atom is 0.348 e. The number of hydrogen-bond donors (Lipinski definition) is 1. The van der Waals surface area contributed by atoms with E-state index in [0.717, 1.165) is 18.6 Å². The smallest absolute Gasteiger partial charge is 0.348 e. The number of hydrogen-bond acceptors (Lipinski definition) is 5. The fraction of sp³-hybridized carbons (Fsp3) is 0.471. The van der Waals surface area contributed by atoms with Gasteiger partial charge in [-0.05, 0) is 37.1 Å². The van der Waals surface area contributed by atoms with Gasteiger partial charge in [0.2, 0.25) is 5.91 Å². The summed E-state index contributed by atoms with van der Waals surface area (Å²) in [5.41, 5.74) is 0.416. The molecule has 2 heterocycles. The topological polar surface area (TPSA) is 89.4 Å². The summed E-state index contributed by atoms with van der Waals surface area (Å²) in [7, 11) is 3.11. The van der Waals surface area contributed by atoms with E-state index >= 15 is 0 Å². The predicted octanol–water partition coefficient (Wildman–Crippen LogP) is 0.922. The minimum Gasteiger partial charge on any atom is -0.497 e. The van der Waals surface area contributed by atoms with Gasteiger partial charge in [0.25, 0.3) is 0 Å². The van der Waals surface area contributed by atoms with Crippen LogP contribution in [0.4, 0.5) is 0 Å². The molecule has 0 spiro atoms. The van der Waals surface area contributed by atoms with E-state index in [2.05, 4.69) is 10.1 Å². The van der Waals surface area contributed by atoms with Crippen molar-refractivity contribution in [2.24, 2.45) is 0 Å². The van der Waals surface area contributed by atoms with E-state index in [1.54, 1.807) is 36.3 Å². The number of aromatic amines is 1. The second-order valence-corrected chi connectivity index (χ2v) is 6.01. The lowest BCUT2D eigenvalue weighted by molar-refractivity contribution is -0.136. The standard InChI is InChI=1S/C17H22N4O4/c1-24-11-15(22)20-9-7-12(8-10-20)16-18-17(23)21(19-16)13-3-5-14(25-2)6-4-13/h3-6,12H,7-11H2,1-2H3,(H,18,19,23). The molecule has 0 bridgehead atoms. The Labute approximate surface area is 145 Å². The van der Waals surface area contributed by atoms with Crippen molar-refractivity contribution in [3.63, 3.8) is 0 Å². The molecule has 3 rings (SSSR count). The van der Waals surface area contributed by atoms with E-state index < -0.39 is 0 Å². The highest BCUT2D eigenvalue weighted by atomic mass is 16.5. The molecule has 1 saturated heterocycles. The van der Waals surface area contributed by atoms with Gasteiger partial charge < -0.3 is 14.4 Å². The number of nitrogens with zero attached hydrogens (tertiary/aromatic N) is 3. The molecule has 0 aliphatic carbocycles. The van der Waals surface area contributed by atoms with Gasteiger partial charge in [-0.25, -0.2) is 4.79 Å². The summed E-state index contributed by atoms with van der Waals surface area (Å²) >= 11 is 0. The van der Waals surface area contributed by atoms with Crippen LogP contribution in [0.5, 0.6) is 5.75 Å². The highest BCUT2D eigenvalue weighted by Gasteiger charge is 2.26. The van der Waals surface area contributed by atoms with E-state index in [0.29, 0.717) is 24.6 Å². The average molecular weight is 346 g/mol. The summed E-state index contributed by atoms with van der Waals surface area (Å²) in [6.45, 7) is 1.39. The minimum atomic E-state index is -0.266. The Hall–Kier alpha value is -2.61. The Bertz CT molecular complexity index is 773. The molecule has 2 aromatic rings. The molecule has 1 fully saturated rings. The molecular weight excluding hydrogens is 324 g/mol. The first-order valence-corrected chi connectivity index (χ1v) is 8.22. The molecule has 0 unspecified atom stereocenters. The van der Waals surface area contributed by atoms with Crippen LogP contribution in [0.3, 0.4) is 0 Å². The number of nitrogens with one attached hydrogen (secondary N) is 1. The highest BCUT2D eigenvalue weighted by molar-refractivity contribution is 5.77. The molecule has 0 atom stereocenters. The zero-order chi connectivity index (χ0) is 17.8. The number of amides is 1. The molecule has 0 saturated carbocycles. The van der Waals surface area contributed by atoms with Crippen LogP contribution in [-0.4, -0.2) is 59.5 Å². The van der Waals surface area contributed by atoms with Crippen LogP contribution in [0.1, 0.15) is 24.6 Å². The van der Waals surface area contributed by atoms with E-state index in [-0.39, 0.29) is 24.1 Å². The molecule has 8 nitrogen and oxygen atoms in total. The first-order chi connectivity index (χ1) is 12.1. The summed E-state index contributed by atoms with van der Waals surface area (Å²) in [5.74, 6) is 1.53. The lowest BCUT2D eigenvalue weighted by Crippen LogP contribution is -2.40. The van der Waals surface area contributed by atoms with Crippen molar-refractivity contribution < 1.29 is 14.3 Å². The zero-order valence-electron chi connectivity index (χ0n) is 14.4. The van der Waals surface area contributed by atoms with Crippen molar-refractivity contribution in [2.75, 3.05) is 33.9 Å². The Morgan fingerprint density at radius 2 is 1.92 bits per heavy atom.